The van der Waals surface area contributed by atoms with Crippen LogP contribution in [0.4, 0.5) is 11.4 Å². The highest BCUT2D eigenvalue weighted by Crippen LogP contribution is 2.53. The van der Waals surface area contributed by atoms with E-state index in [4.69, 9.17) is 0 Å². The van der Waals surface area contributed by atoms with Crippen LogP contribution in [-0.4, -0.2) is 32.5 Å². The van der Waals surface area contributed by atoms with Gasteiger partial charge in [-0.15, -0.1) is 0 Å². The maximum absolute atomic E-state index is 13.7. The fraction of sp³-hybridized carbons (Fsp3) is 0.148. The Bertz CT molecular complexity index is 1550. The zero-order chi connectivity index (χ0) is 25.5. The van der Waals surface area contributed by atoms with Gasteiger partial charge in [-0.05, 0) is 35.9 Å². The molecule has 4 heterocycles. The van der Waals surface area contributed by atoms with Crippen LogP contribution in [0.2, 0.25) is 0 Å². The minimum Gasteiger partial charge on any atom is -0.325 e. The lowest BCUT2D eigenvalue weighted by atomic mass is 9.84. The smallest absolute Gasteiger partial charge is 0.308 e. The van der Waals surface area contributed by atoms with E-state index in [1.165, 1.54) is 21.2 Å². The number of para-hydroxylation sites is 2. The molecule has 0 radical (unpaired) electrons. The fourth-order valence-corrected chi connectivity index (χ4v) is 7.64. The molecule has 184 valence electrons. The molecule has 0 spiro atoms. The van der Waals surface area contributed by atoms with Crippen LogP contribution in [-0.2, 0) is 20.9 Å². The Morgan fingerprint density at radius 3 is 2.35 bits per heavy atom. The minimum atomic E-state index is -0.733. The van der Waals surface area contributed by atoms with Crippen molar-refractivity contribution in [3.05, 3.63) is 105 Å². The molecule has 1 N–H and O–H groups in total. The summed E-state index contributed by atoms with van der Waals surface area (Å²) in [7, 11) is 0. The van der Waals surface area contributed by atoms with Gasteiger partial charge in [0.1, 0.15) is 11.8 Å². The number of rotatable bonds is 5. The van der Waals surface area contributed by atoms with Gasteiger partial charge in [-0.1, -0.05) is 65.6 Å². The molecule has 2 aliphatic heterocycles. The van der Waals surface area contributed by atoms with Crippen LogP contribution in [0.3, 0.4) is 0 Å². The molecule has 6 rings (SSSR count). The number of hydrogen-bond acceptors (Lipinski definition) is 7. The molecule has 0 bridgehead atoms. The van der Waals surface area contributed by atoms with Gasteiger partial charge in [0, 0.05) is 28.9 Å². The van der Waals surface area contributed by atoms with E-state index >= 15 is 0 Å². The Morgan fingerprint density at radius 2 is 1.65 bits per heavy atom. The highest BCUT2D eigenvalue weighted by molar-refractivity contribution is 8.00. The molecule has 10 heteroatoms. The first-order chi connectivity index (χ1) is 18.0. The molecule has 0 aliphatic carbocycles. The van der Waals surface area contributed by atoms with E-state index < -0.39 is 17.1 Å². The fourth-order valence-electron chi connectivity index (χ4n) is 4.87. The van der Waals surface area contributed by atoms with Crippen LogP contribution in [0.5, 0.6) is 0 Å². The Morgan fingerprint density at radius 1 is 0.919 bits per heavy atom. The minimum absolute atomic E-state index is 0.200. The Labute approximate surface area is 220 Å². The van der Waals surface area contributed by atoms with Crippen molar-refractivity contribution >= 4 is 52.2 Å². The predicted molar refractivity (Wildman–Crippen MR) is 142 cm³/mol. The number of carbonyl (C=O) groups excluding carboxylic acids is 3. The molecule has 0 saturated carbocycles. The van der Waals surface area contributed by atoms with Gasteiger partial charge in [0.2, 0.25) is 17.7 Å². The Hall–Kier alpha value is -4.02. The number of anilines is 2. The molecular formula is C27H20N4O4S2. The number of carbonyl (C=O) groups is 3. The number of benzene rings is 2. The molecule has 37 heavy (non-hydrogen) atoms. The van der Waals surface area contributed by atoms with Crippen LogP contribution < -0.4 is 15.1 Å². The highest BCUT2D eigenvalue weighted by atomic mass is 32.2. The standard InChI is InChI=1S/C27H20N4O4S2/c32-19(29-17-9-3-1-4-10-17)15-30-26-23(37-27(30)35)20(16-8-7-13-28-14-16)21-22(36-26)25(34)31(24(21)33)18-11-5-2-6-12-18/h1-14,20-22H,15H2,(H,29,32). The lowest BCUT2D eigenvalue weighted by Crippen LogP contribution is -2.33. The monoisotopic (exact) mass is 528 g/mol. The molecule has 3 unspecified atom stereocenters. The third kappa shape index (κ3) is 4.08. The molecule has 2 aromatic carbocycles. The van der Waals surface area contributed by atoms with Crippen LogP contribution >= 0.6 is 23.1 Å². The molecule has 8 nitrogen and oxygen atoms in total. The van der Waals surface area contributed by atoms with Gasteiger partial charge in [-0.2, -0.15) is 0 Å². The van der Waals surface area contributed by atoms with E-state index in [0.29, 0.717) is 21.3 Å². The van der Waals surface area contributed by atoms with Gasteiger partial charge < -0.3 is 5.32 Å². The normalized spacial score (nSPS) is 20.4. The van der Waals surface area contributed by atoms with Crippen molar-refractivity contribution < 1.29 is 14.4 Å². The van der Waals surface area contributed by atoms with Crippen LogP contribution in [0.25, 0.3) is 0 Å². The Kier molecular flexibility index (Phi) is 5.97. The highest BCUT2D eigenvalue weighted by Gasteiger charge is 2.56. The van der Waals surface area contributed by atoms with Crippen molar-refractivity contribution in [2.24, 2.45) is 5.92 Å². The van der Waals surface area contributed by atoms with Crippen LogP contribution in [0.15, 0.2) is 95.0 Å². The van der Waals surface area contributed by atoms with Crippen molar-refractivity contribution in [1.29, 1.82) is 0 Å². The van der Waals surface area contributed by atoms with Gasteiger partial charge in [0.25, 0.3) is 0 Å². The maximum atomic E-state index is 13.7. The number of nitrogens with one attached hydrogen (secondary N) is 1. The molecule has 2 aliphatic rings. The maximum Gasteiger partial charge on any atom is 0.308 e. The lowest BCUT2D eigenvalue weighted by molar-refractivity contribution is -0.122. The zero-order valence-corrected chi connectivity index (χ0v) is 20.9. The third-order valence-electron chi connectivity index (χ3n) is 6.47. The zero-order valence-electron chi connectivity index (χ0n) is 19.3. The number of amides is 3. The number of thioether (sulfide) groups is 1. The molecular weight excluding hydrogens is 508 g/mol. The second kappa shape index (κ2) is 9.45. The summed E-state index contributed by atoms with van der Waals surface area (Å²) >= 11 is 2.21. The van der Waals surface area contributed by atoms with Gasteiger partial charge in [-0.25, -0.2) is 4.90 Å². The molecule has 1 fully saturated rings. The second-order valence-electron chi connectivity index (χ2n) is 8.71. The lowest BCUT2D eigenvalue weighted by Gasteiger charge is -2.30. The first kappa shape index (κ1) is 23.4. The van der Waals surface area contributed by atoms with E-state index in [1.54, 1.807) is 54.9 Å². The summed E-state index contributed by atoms with van der Waals surface area (Å²) in [4.78, 5) is 59.2. The molecule has 4 aromatic rings. The quantitative estimate of drug-likeness (QED) is 0.396. The van der Waals surface area contributed by atoms with E-state index in [9.17, 15) is 19.2 Å². The number of pyridine rings is 1. The summed E-state index contributed by atoms with van der Waals surface area (Å²) in [6.07, 6.45) is 3.31. The number of nitrogens with zero attached hydrogens (tertiary/aromatic N) is 3. The van der Waals surface area contributed by atoms with Crippen LogP contribution in [0, 0.1) is 5.92 Å². The number of fused-ring (bicyclic) bond motifs is 2. The first-order valence-corrected chi connectivity index (χ1v) is 13.3. The van der Waals surface area contributed by atoms with Gasteiger partial charge >= 0.3 is 4.87 Å². The van der Waals surface area contributed by atoms with E-state index in [2.05, 4.69) is 10.3 Å². The SMILES string of the molecule is O=C(Cn1c2c(sc1=O)C(c1cccnc1)C1C(=O)N(c3ccccc3)C(=O)C1S2)Nc1ccccc1. The van der Waals surface area contributed by atoms with Gasteiger partial charge in [-0.3, -0.25) is 28.7 Å². The summed E-state index contributed by atoms with van der Waals surface area (Å²) in [5.41, 5.74) is 1.89. The van der Waals surface area contributed by atoms with Gasteiger partial charge in [0.15, 0.2) is 0 Å². The van der Waals surface area contributed by atoms with Crippen LogP contribution in [0.1, 0.15) is 16.4 Å². The average molecular weight is 529 g/mol. The number of imide groups is 1. The van der Waals surface area contributed by atoms with E-state index in [-0.39, 0.29) is 29.1 Å². The first-order valence-electron chi connectivity index (χ1n) is 11.6. The number of aromatic nitrogens is 2. The largest absolute Gasteiger partial charge is 0.325 e. The van der Waals surface area contributed by atoms with Crippen molar-refractivity contribution in [1.82, 2.24) is 9.55 Å². The Balaban J connectivity index is 1.41. The van der Waals surface area contributed by atoms with Gasteiger partial charge in [0.05, 0.1) is 16.6 Å². The summed E-state index contributed by atoms with van der Waals surface area (Å²) in [6.45, 7) is -0.200. The second-order valence-corrected chi connectivity index (χ2v) is 10.8. The summed E-state index contributed by atoms with van der Waals surface area (Å²) in [5, 5.41) is 2.62. The summed E-state index contributed by atoms with van der Waals surface area (Å²) in [5.74, 6) is -2.21. The third-order valence-corrected chi connectivity index (χ3v) is 9.07. The number of thiazole rings is 1. The predicted octanol–water partition coefficient (Wildman–Crippen LogP) is 3.74. The molecule has 3 atom stereocenters. The van der Waals surface area contributed by atoms with Crippen molar-refractivity contribution in [3.8, 4) is 0 Å². The molecule has 1 saturated heterocycles. The van der Waals surface area contributed by atoms with E-state index in [0.717, 1.165) is 16.9 Å². The van der Waals surface area contributed by atoms with Crippen molar-refractivity contribution in [3.63, 3.8) is 0 Å². The van der Waals surface area contributed by atoms with Crippen molar-refractivity contribution in [2.75, 3.05) is 10.2 Å². The average Bonchev–Trinajstić information content (AvgIpc) is 3.36. The molecule has 3 amide bonds. The number of hydrogen-bond donors (Lipinski definition) is 1. The van der Waals surface area contributed by atoms with Crippen molar-refractivity contribution in [2.45, 2.75) is 22.7 Å². The topological polar surface area (TPSA) is 101 Å². The summed E-state index contributed by atoms with van der Waals surface area (Å²) in [6, 6.07) is 21.5. The molecule has 2 aromatic heterocycles. The summed E-state index contributed by atoms with van der Waals surface area (Å²) < 4.78 is 1.41. The van der Waals surface area contributed by atoms with E-state index in [1.807, 2.05) is 30.3 Å².